The fraction of sp³-hybridized carbons (Fsp3) is 0.267. The lowest BCUT2D eigenvalue weighted by Gasteiger charge is -2.18. The topological polar surface area (TPSA) is 46.3 Å². The van der Waals surface area contributed by atoms with Crippen LogP contribution in [0.1, 0.15) is 27.0 Å². The molecular formula is C15H16N2OS. The van der Waals surface area contributed by atoms with E-state index in [1.165, 1.54) is 10.4 Å². The Morgan fingerprint density at radius 2 is 2.21 bits per heavy atom. The minimum atomic E-state index is 0.0707. The van der Waals surface area contributed by atoms with Crippen LogP contribution in [0.2, 0.25) is 0 Å². The van der Waals surface area contributed by atoms with Gasteiger partial charge in [-0.2, -0.15) is 0 Å². The number of nitrogens with zero attached hydrogens (tertiary/aromatic N) is 1. The van der Waals surface area contributed by atoms with Crippen molar-refractivity contribution in [1.29, 1.82) is 0 Å². The molecular weight excluding hydrogens is 256 g/mol. The summed E-state index contributed by atoms with van der Waals surface area (Å²) in [6, 6.07) is 9.80. The second kappa shape index (κ2) is 4.70. The number of anilines is 2. The Kier molecular flexibility index (Phi) is 3.03. The molecule has 0 spiro atoms. The van der Waals surface area contributed by atoms with Gasteiger partial charge >= 0.3 is 0 Å². The first-order valence-corrected chi connectivity index (χ1v) is 7.30. The first-order chi connectivity index (χ1) is 9.20. The highest BCUT2D eigenvalue weighted by Gasteiger charge is 2.28. The van der Waals surface area contributed by atoms with Gasteiger partial charge in [0.25, 0.3) is 5.91 Å². The third kappa shape index (κ3) is 2.02. The summed E-state index contributed by atoms with van der Waals surface area (Å²) in [6.45, 7) is 2.82. The zero-order chi connectivity index (χ0) is 13.4. The summed E-state index contributed by atoms with van der Waals surface area (Å²) in [7, 11) is 0. The van der Waals surface area contributed by atoms with Gasteiger partial charge in [-0.15, -0.1) is 11.3 Å². The van der Waals surface area contributed by atoms with Crippen LogP contribution in [0.3, 0.4) is 0 Å². The van der Waals surface area contributed by atoms with Gasteiger partial charge in [0.1, 0.15) is 0 Å². The van der Waals surface area contributed by atoms with Gasteiger partial charge in [0.2, 0.25) is 0 Å². The van der Waals surface area contributed by atoms with Crippen molar-refractivity contribution in [1.82, 2.24) is 0 Å². The molecule has 3 nitrogen and oxygen atoms in total. The minimum absolute atomic E-state index is 0.0707. The number of carbonyl (C=O) groups excluding carboxylic acids is 1. The normalized spacial score (nSPS) is 13.6. The number of para-hydroxylation sites is 1. The Morgan fingerprint density at radius 1 is 1.37 bits per heavy atom. The van der Waals surface area contributed by atoms with Crippen LogP contribution in [0.25, 0.3) is 0 Å². The maximum Gasteiger partial charge on any atom is 0.268 e. The molecule has 1 aliphatic heterocycles. The molecule has 1 aromatic heterocycles. The second-order valence-corrected chi connectivity index (χ2v) is 5.85. The van der Waals surface area contributed by atoms with Crippen molar-refractivity contribution in [3.8, 4) is 0 Å². The van der Waals surface area contributed by atoms with Gasteiger partial charge in [-0.25, -0.2) is 0 Å². The molecule has 2 aromatic rings. The molecule has 0 aliphatic carbocycles. The Balaban J connectivity index is 1.95. The molecule has 0 atom stereocenters. The highest BCUT2D eigenvalue weighted by Crippen LogP contribution is 2.35. The van der Waals surface area contributed by atoms with Crippen molar-refractivity contribution in [3.05, 3.63) is 45.6 Å². The number of nitrogen functional groups attached to an aromatic ring is 1. The lowest BCUT2D eigenvalue weighted by atomic mass is 10.1. The number of carbonyl (C=O) groups is 1. The summed E-state index contributed by atoms with van der Waals surface area (Å²) >= 11 is 1.58. The predicted molar refractivity (Wildman–Crippen MR) is 79.9 cm³/mol. The fourth-order valence-corrected chi connectivity index (χ4v) is 3.40. The molecule has 0 radical (unpaired) electrons. The Bertz CT molecular complexity index is 633. The molecule has 1 aromatic carbocycles. The molecule has 1 amide bonds. The number of hydrogen-bond donors (Lipinski definition) is 1. The smallest absolute Gasteiger partial charge is 0.268 e. The maximum absolute atomic E-state index is 12.6. The van der Waals surface area contributed by atoms with Crippen molar-refractivity contribution in [3.63, 3.8) is 0 Å². The van der Waals surface area contributed by atoms with Gasteiger partial charge in [0.05, 0.1) is 16.3 Å². The van der Waals surface area contributed by atoms with E-state index < -0.39 is 0 Å². The minimum Gasteiger partial charge on any atom is -0.397 e. The monoisotopic (exact) mass is 272 g/mol. The van der Waals surface area contributed by atoms with Gasteiger partial charge < -0.3 is 10.6 Å². The maximum atomic E-state index is 12.6. The van der Waals surface area contributed by atoms with Crippen molar-refractivity contribution >= 4 is 28.6 Å². The first kappa shape index (κ1) is 12.2. The van der Waals surface area contributed by atoms with Crippen molar-refractivity contribution in [2.45, 2.75) is 19.8 Å². The summed E-state index contributed by atoms with van der Waals surface area (Å²) in [5.41, 5.74) is 8.78. The van der Waals surface area contributed by atoms with Crippen LogP contribution in [-0.4, -0.2) is 12.5 Å². The molecule has 3 rings (SSSR count). The molecule has 19 heavy (non-hydrogen) atoms. The van der Waals surface area contributed by atoms with Crippen LogP contribution in [-0.2, 0) is 12.8 Å². The van der Waals surface area contributed by atoms with Crippen LogP contribution < -0.4 is 10.6 Å². The molecule has 4 heteroatoms. The second-order valence-electron chi connectivity index (χ2n) is 4.68. The van der Waals surface area contributed by atoms with E-state index in [0.717, 1.165) is 30.0 Å². The standard InChI is InChI=1S/C15H16N2OS/c1-2-11-6-7-13(19-11)15(18)17-9-8-10-4-3-5-12(16)14(10)17/h3-7H,2,8-9,16H2,1H3. The van der Waals surface area contributed by atoms with E-state index in [1.807, 2.05) is 35.2 Å². The molecule has 0 fully saturated rings. The summed E-state index contributed by atoms with van der Waals surface area (Å²) in [4.78, 5) is 16.4. The predicted octanol–water partition coefficient (Wildman–Crippen LogP) is 3.10. The van der Waals surface area contributed by atoms with Crippen LogP contribution in [0.15, 0.2) is 30.3 Å². The SMILES string of the molecule is CCc1ccc(C(=O)N2CCc3cccc(N)c32)s1. The molecule has 0 bridgehead atoms. The van der Waals surface area contributed by atoms with E-state index in [4.69, 9.17) is 5.73 Å². The number of rotatable bonds is 2. The van der Waals surface area contributed by atoms with E-state index in [2.05, 4.69) is 6.92 Å². The zero-order valence-electron chi connectivity index (χ0n) is 10.8. The quantitative estimate of drug-likeness (QED) is 0.854. The van der Waals surface area contributed by atoms with E-state index in [-0.39, 0.29) is 5.91 Å². The number of nitrogens with two attached hydrogens (primary N) is 1. The molecule has 98 valence electrons. The molecule has 2 N–H and O–H groups in total. The van der Waals surface area contributed by atoms with Crippen molar-refractivity contribution in [2.75, 3.05) is 17.2 Å². The fourth-order valence-electron chi connectivity index (χ4n) is 2.51. The third-order valence-electron chi connectivity index (χ3n) is 3.49. The van der Waals surface area contributed by atoms with Crippen LogP contribution >= 0.6 is 11.3 Å². The summed E-state index contributed by atoms with van der Waals surface area (Å²) in [6.07, 6.45) is 1.86. The van der Waals surface area contributed by atoms with Gasteiger partial charge in [0, 0.05) is 11.4 Å². The van der Waals surface area contributed by atoms with Crippen LogP contribution in [0.5, 0.6) is 0 Å². The number of benzene rings is 1. The number of hydrogen-bond acceptors (Lipinski definition) is 3. The average molecular weight is 272 g/mol. The molecule has 2 heterocycles. The number of thiophene rings is 1. The van der Waals surface area contributed by atoms with Crippen molar-refractivity contribution in [2.24, 2.45) is 0 Å². The third-order valence-corrected chi connectivity index (χ3v) is 4.71. The average Bonchev–Trinajstić information content (AvgIpc) is 3.05. The number of amides is 1. The summed E-state index contributed by atoms with van der Waals surface area (Å²) in [5.74, 6) is 0.0707. The Labute approximate surface area is 116 Å². The highest BCUT2D eigenvalue weighted by atomic mass is 32.1. The highest BCUT2D eigenvalue weighted by molar-refractivity contribution is 7.14. The van der Waals surface area contributed by atoms with Crippen LogP contribution in [0, 0.1) is 0 Å². The molecule has 1 aliphatic rings. The Morgan fingerprint density at radius 3 is 2.95 bits per heavy atom. The van der Waals surface area contributed by atoms with Gasteiger partial charge in [-0.05, 0) is 36.6 Å². The van der Waals surface area contributed by atoms with E-state index in [9.17, 15) is 4.79 Å². The van der Waals surface area contributed by atoms with Gasteiger partial charge in [0.15, 0.2) is 0 Å². The zero-order valence-corrected chi connectivity index (χ0v) is 11.7. The van der Waals surface area contributed by atoms with E-state index in [0.29, 0.717) is 5.69 Å². The number of fused-ring (bicyclic) bond motifs is 1. The largest absolute Gasteiger partial charge is 0.397 e. The molecule has 0 saturated heterocycles. The molecule has 0 saturated carbocycles. The lowest BCUT2D eigenvalue weighted by molar-refractivity contribution is 0.0993. The van der Waals surface area contributed by atoms with Gasteiger partial charge in [-0.3, -0.25) is 4.79 Å². The number of aryl methyl sites for hydroxylation is 1. The van der Waals surface area contributed by atoms with E-state index in [1.54, 1.807) is 11.3 Å². The lowest BCUT2D eigenvalue weighted by Crippen LogP contribution is -2.28. The summed E-state index contributed by atoms with van der Waals surface area (Å²) in [5, 5.41) is 0. The van der Waals surface area contributed by atoms with E-state index >= 15 is 0 Å². The van der Waals surface area contributed by atoms with Gasteiger partial charge in [-0.1, -0.05) is 19.1 Å². The Hall–Kier alpha value is -1.81. The summed E-state index contributed by atoms with van der Waals surface area (Å²) < 4.78 is 0. The molecule has 0 unspecified atom stereocenters. The first-order valence-electron chi connectivity index (χ1n) is 6.48. The van der Waals surface area contributed by atoms with Crippen molar-refractivity contribution < 1.29 is 4.79 Å². The van der Waals surface area contributed by atoms with Crippen LogP contribution in [0.4, 0.5) is 11.4 Å².